The van der Waals surface area contributed by atoms with Crippen molar-refractivity contribution in [3.8, 4) is 5.13 Å². The van der Waals surface area contributed by atoms with Gasteiger partial charge < -0.3 is 5.32 Å². The monoisotopic (exact) mass is 370 g/mol. The maximum Gasteiger partial charge on any atom is 0.433 e. The van der Waals surface area contributed by atoms with Crippen molar-refractivity contribution < 1.29 is 22.4 Å². The van der Waals surface area contributed by atoms with Crippen LogP contribution in [0.4, 0.5) is 23.2 Å². The Morgan fingerprint density at radius 3 is 2.56 bits per heavy atom. The highest BCUT2D eigenvalue weighted by molar-refractivity contribution is 7.12. The number of carbonyl (C=O) groups excluding carboxylic acids is 1. The molecular weight excluding hydrogens is 360 g/mol. The van der Waals surface area contributed by atoms with Crippen molar-refractivity contribution in [2.45, 2.75) is 13.1 Å². The number of aromatic nitrogens is 3. The van der Waals surface area contributed by atoms with Crippen LogP contribution >= 0.6 is 11.3 Å². The van der Waals surface area contributed by atoms with Crippen LogP contribution in [0.3, 0.4) is 0 Å². The van der Waals surface area contributed by atoms with Gasteiger partial charge in [-0.15, -0.1) is 11.3 Å². The number of benzene rings is 1. The number of anilines is 1. The highest BCUT2D eigenvalue weighted by Gasteiger charge is 2.36. The summed E-state index contributed by atoms with van der Waals surface area (Å²) in [4.78, 5) is 16.0. The van der Waals surface area contributed by atoms with E-state index >= 15 is 0 Å². The highest BCUT2D eigenvalue weighted by Crippen LogP contribution is 2.32. The van der Waals surface area contributed by atoms with Crippen LogP contribution in [0.15, 0.2) is 35.7 Å². The minimum atomic E-state index is -4.59. The van der Waals surface area contributed by atoms with Gasteiger partial charge >= 0.3 is 6.18 Å². The third-order valence-electron chi connectivity index (χ3n) is 3.13. The molecule has 25 heavy (non-hydrogen) atoms. The molecule has 0 aliphatic carbocycles. The van der Waals surface area contributed by atoms with Gasteiger partial charge in [0.05, 0.1) is 5.69 Å². The standard InChI is InChI=1S/C15H10F4N4OS/c1-8-6-12(15(17,18)19)23(22-8)14-21-11(7-25-14)13(24)20-10-4-2-9(16)3-5-10/h2-7H,1H3,(H,20,24). The topological polar surface area (TPSA) is 59.8 Å². The Bertz CT molecular complexity index is 915. The Balaban J connectivity index is 1.85. The van der Waals surface area contributed by atoms with Crippen molar-refractivity contribution >= 4 is 22.9 Å². The molecule has 3 rings (SSSR count). The SMILES string of the molecule is Cc1cc(C(F)(F)F)n(-c2nc(C(=O)Nc3ccc(F)cc3)cs2)n1. The van der Waals surface area contributed by atoms with E-state index in [9.17, 15) is 22.4 Å². The Labute approximate surface area is 142 Å². The van der Waals surface area contributed by atoms with Crippen LogP contribution in [-0.4, -0.2) is 20.7 Å². The number of nitrogens with zero attached hydrogens (tertiary/aromatic N) is 3. The quantitative estimate of drug-likeness (QED) is 0.708. The third-order valence-corrected chi connectivity index (χ3v) is 3.95. The molecule has 0 saturated carbocycles. The van der Waals surface area contributed by atoms with Crippen LogP contribution < -0.4 is 5.32 Å². The maximum atomic E-state index is 13.0. The molecule has 0 saturated heterocycles. The minimum Gasteiger partial charge on any atom is -0.321 e. The zero-order valence-corrected chi connectivity index (χ0v) is 13.5. The van der Waals surface area contributed by atoms with E-state index in [1.807, 2.05) is 0 Å². The summed E-state index contributed by atoms with van der Waals surface area (Å²) >= 11 is 0.856. The molecule has 10 heteroatoms. The predicted octanol–water partition coefficient (Wildman–Crippen LogP) is 4.05. The average Bonchev–Trinajstić information content (AvgIpc) is 3.15. The predicted molar refractivity (Wildman–Crippen MR) is 83.3 cm³/mol. The van der Waals surface area contributed by atoms with Crippen LogP contribution in [-0.2, 0) is 6.18 Å². The second-order valence-electron chi connectivity index (χ2n) is 5.06. The first-order valence-corrected chi connectivity index (χ1v) is 7.78. The first-order chi connectivity index (χ1) is 11.7. The van der Waals surface area contributed by atoms with Crippen molar-refractivity contribution in [2.75, 3.05) is 5.32 Å². The number of rotatable bonds is 3. The minimum absolute atomic E-state index is 0.0643. The van der Waals surface area contributed by atoms with E-state index in [1.165, 1.54) is 36.6 Å². The second-order valence-corrected chi connectivity index (χ2v) is 5.89. The summed E-state index contributed by atoms with van der Waals surface area (Å²) in [5, 5.41) is 7.52. The third kappa shape index (κ3) is 3.68. The fourth-order valence-electron chi connectivity index (χ4n) is 2.04. The number of hydrogen-bond acceptors (Lipinski definition) is 4. The number of alkyl halides is 3. The van der Waals surface area contributed by atoms with Gasteiger partial charge in [0.1, 0.15) is 11.5 Å². The van der Waals surface area contributed by atoms with E-state index in [4.69, 9.17) is 0 Å². The van der Waals surface area contributed by atoms with Crippen molar-refractivity contribution in [1.82, 2.24) is 14.8 Å². The first kappa shape index (κ1) is 17.1. The summed E-state index contributed by atoms with van der Waals surface area (Å²) < 4.78 is 52.6. The van der Waals surface area contributed by atoms with Crippen molar-refractivity contribution in [3.63, 3.8) is 0 Å². The second kappa shape index (κ2) is 6.28. The number of carbonyl (C=O) groups is 1. The van der Waals surface area contributed by atoms with Gasteiger partial charge in [-0.1, -0.05) is 0 Å². The molecule has 1 amide bonds. The molecule has 0 aliphatic heterocycles. The maximum absolute atomic E-state index is 13.0. The number of nitrogens with one attached hydrogen (secondary N) is 1. The van der Waals surface area contributed by atoms with Gasteiger partial charge in [0.25, 0.3) is 5.91 Å². The smallest absolute Gasteiger partial charge is 0.321 e. The van der Waals surface area contributed by atoms with Gasteiger partial charge in [0, 0.05) is 11.1 Å². The Morgan fingerprint density at radius 1 is 1.24 bits per heavy atom. The fraction of sp³-hybridized carbons (Fsp3) is 0.133. The van der Waals surface area contributed by atoms with E-state index < -0.39 is 23.6 Å². The summed E-state index contributed by atoms with van der Waals surface area (Å²) in [5.74, 6) is -1.07. The van der Waals surface area contributed by atoms with Crippen LogP contribution in [0.5, 0.6) is 0 Å². The molecule has 1 aromatic carbocycles. The summed E-state index contributed by atoms with van der Waals surface area (Å²) in [6.45, 7) is 1.43. The van der Waals surface area contributed by atoms with Crippen LogP contribution in [0.25, 0.3) is 5.13 Å². The molecule has 0 fully saturated rings. The van der Waals surface area contributed by atoms with E-state index in [1.54, 1.807) is 0 Å². The molecule has 130 valence electrons. The van der Waals surface area contributed by atoms with Crippen molar-refractivity contribution in [1.29, 1.82) is 0 Å². The molecule has 0 aliphatic rings. The van der Waals surface area contributed by atoms with E-state index in [0.717, 1.165) is 17.4 Å². The molecule has 2 heterocycles. The average molecular weight is 370 g/mol. The van der Waals surface area contributed by atoms with Gasteiger partial charge in [-0.25, -0.2) is 14.1 Å². The van der Waals surface area contributed by atoms with E-state index in [-0.39, 0.29) is 16.5 Å². The normalized spacial score (nSPS) is 11.6. The van der Waals surface area contributed by atoms with Gasteiger partial charge in [0.15, 0.2) is 5.69 Å². The molecule has 2 aromatic heterocycles. The van der Waals surface area contributed by atoms with Crippen LogP contribution in [0.1, 0.15) is 21.9 Å². The number of thiazole rings is 1. The lowest BCUT2D eigenvalue weighted by molar-refractivity contribution is -0.142. The van der Waals surface area contributed by atoms with Crippen LogP contribution in [0.2, 0.25) is 0 Å². The highest BCUT2D eigenvalue weighted by atomic mass is 32.1. The van der Waals surface area contributed by atoms with E-state index in [2.05, 4.69) is 15.4 Å². The Kier molecular flexibility index (Phi) is 4.29. The Hall–Kier alpha value is -2.75. The zero-order chi connectivity index (χ0) is 18.2. The largest absolute Gasteiger partial charge is 0.433 e. The molecule has 1 N–H and O–H groups in total. The number of halogens is 4. The molecule has 5 nitrogen and oxygen atoms in total. The van der Waals surface area contributed by atoms with Crippen molar-refractivity contribution in [2.24, 2.45) is 0 Å². The summed E-state index contributed by atoms with van der Waals surface area (Å²) in [7, 11) is 0. The molecule has 0 unspecified atom stereocenters. The van der Waals surface area contributed by atoms with Gasteiger partial charge in [-0.05, 0) is 37.3 Å². The lowest BCUT2D eigenvalue weighted by atomic mass is 10.3. The number of aryl methyl sites for hydroxylation is 1. The summed E-state index contributed by atoms with van der Waals surface area (Å²) in [6.07, 6.45) is -4.59. The molecular formula is C15H10F4N4OS. The lowest BCUT2D eigenvalue weighted by Gasteiger charge is -2.07. The molecule has 0 radical (unpaired) electrons. The van der Waals surface area contributed by atoms with E-state index in [0.29, 0.717) is 10.4 Å². The molecule has 0 bridgehead atoms. The van der Waals surface area contributed by atoms with Gasteiger partial charge in [-0.3, -0.25) is 4.79 Å². The molecule has 0 spiro atoms. The summed E-state index contributed by atoms with van der Waals surface area (Å²) in [6, 6.07) is 5.96. The molecule has 3 aromatic rings. The lowest BCUT2D eigenvalue weighted by Crippen LogP contribution is -2.15. The number of hydrogen-bond donors (Lipinski definition) is 1. The van der Waals surface area contributed by atoms with Gasteiger partial charge in [0.2, 0.25) is 5.13 Å². The Morgan fingerprint density at radius 2 is 1.92 bits per heavy atom. The summed E-state index contributed by atoms with van der Waals surface area (Å²) in [5.41, 5.74) is -0.512. The zero-order valence-electron chi connectivity index (χ0n) is 12.6. The number of amides is 1. The van der Waals surface area contributed by atoms with Gasteiger partial charge in [-0.2, -0.15) is 18.3 Å². The van der Waals surface area contributed by atoms with Crippen LogP contribution in [0, 0.1) is 12.7 Å². The first-order valence-electron chi connectivity index (χ1n) is 6.91. The molecule has 0 atom stereocenters. The fourth-order valence-corrected chi connectivity index (χ4v) is 2.81. The van der Waals surface area contributed by atoms with Crippen molar-refractivity contribution in [3.05, 3.63) is 58.6 Å².